The summed E-state index contributed by atoms with van der Waals surface area (Å²) >= 11 is 0. The minimum atomic E-state index is -0.176. The molecule has 0 aromatic heterocycles. The molecular formula is C10H21NO2. The van der Waals surface area contributed by atoms with Gasteiger partial charge in [-0.1, -0.05) is 6.92 Å². The van der Waals surface area contributed by atoms with E-state index >= 15 is 0 Å². The molecule has 3 nitrogen and oxygen atoms in total. The zero-order valence-electron chi connectivity index (χ0n) is 8.70. The maximum atomic E-state index is 9.51. The quantitative estimate of drug-likeness (QED) is 0.711. The van der Waals surface area contributed by atoms with Crippen LogP contribution in [-0.2, 0) is 4.74 Å². The van der Waals surface area contributed by atoms with Gasteiger partial charge in [0.15, 0.2) is 0 Å². The molecule has 0 aliphatic carbocycles. The van der Waals surface area contributed by atoms with Crippen LogP contribution < -0.4 is 0 Å². The van der Waals surface area contributed by atoms with E-state index < -0.39 is 0 Å². The minimum absolute atomic E-state index is 0.176. The van der Waals surface area contributed by atoms with E-state index in [2.05, 4.69) is 11.8 Å². The van der Waals surface area contributed by atoms with Crippen molar-refractivity contribution in [3.63, 3.8) is 0 Å². The Morgan fingerprint density at radius 1 is 1.62 bits per heavy atom. The summed E-state index contributed by atoms with van der Waals surface area (Å²) in [5.41, 5.74) is 0. The highest BCUT2D eigenvalue weighted by molar-refractivity contribution is 4.69. The van der Waals surface area contributed by atoms with Crippen molar-refractivity contribution >= 4 is 0 Å². The van der Waals surface area contributed by atoms with Crippen molar-refractivity contribution in [3.05, 3.63) is 0 Å². The van der Waals surface area contributed by atoms with Gasteiger partial charge in [-0.3, -0.25) is 4.90 Å². The highest BCUT2D eigenvalue weighted by Gasteiger charge is 2.16. The van der Waals surface area contributed by atoms with Crippen LogP contribution in [0.25, 0.3) is 0 Å². The molecule has 0 saturated carbocycles. The Morgan fingerprint density at radius 3 is 3.08 bits per heavy atom. The van der Waals surface area contributed by atoms with Gasteiger partial charge >= 0.3 is 0 Å². The van der Waals surface area contributed by atoms with E-state index in [4.69, 9.17) is 4.74 Å². The molecule has 13 heavy (non-hydrogen) atoms. The molecule has 0 bridgehead atoms. The molecule has 0 spiro atoms. The molecule has 1 saturated heterocycles. The summed E-state index contributed by atoms with van der Waals surface area (Å²) in [5, 5.41) is 9.51. The summed E-state index contributed by atoms with van der Waals surface area (Å²) in [6.45, 7) is 7.78. The van der Waals surface area contributed by atoms with Crippen molar-refractivity contribution in [1.82, 2.24) is 4.90 Å². The molecule has 0 aromatic rings. The lowest BCUT2D eigenvalue weighted by Gasteiger charge is -2.23. The zero-order valence-corrected chi connectivity index (χ0v) is 8.70. The Labute approximate surface area is 80.7 Å². The molecule has 2 atom stereocenters. The fourth-order valence-corrected chi connectivity index (χ4v) is 1.67. The molecule has 1 fully saturated rings. The van der Waals surface area contributed by atoms with Gasteiger partial charge < -0.3 is 9.84 Å². The minimum Gasteiger partial charge on any atom is -0.392 e. The fraction of sp³-hybridized carbons (Fsp3) is 1.00. The lowest BCUT2D eigenvalue weighted by atomic mass is 10.2. The third-order valence-electron chi connectivity index (χ3n) is 2.48. The number of aliphatic hydroxyl groups is 1. The molecule has 1 rings (SSSR count). The first-order valence-corrected chi connectivity index (χ1v) is 5.24. The first kappa shape index (κ1) is 11.0. The van der Waals surface area contributed by atoms with E-state index in [9.17, 15) is 5.11 Å². The number of β-amino-alcohol motifs (C(OH)–C–C–N with tert-alkyl or cyclic N) is 1. The van der Waals surface area contributed by atoms with Crippen molar-refractivity contribution in [2.45, 2.75) is 38.9 Å². The summed E-state index contributed by atoms with van der Waals surface area (Å²) < 4.78 is 5.52. The van der Waals surface area contributed by atoms with Crippen molar-refractivity contribution in [2.24, 2.45) is 0 Å². The summed E-state index contributed by atoms with van der Waals surface area (Å²) in [6, 6.07) is 0. The number of nitrogens with zero attached hydrogens (tertiary/aromatic N) is 1. The van der Waals surface area contributed by atoms with Crippen LogP contribution in [0.15, 0.2) is 0 Å². The van der Waals surface area contributed by atoms with Gasteiger partial charge in [-0.05, 0) is 19.8 Å². The summed E-state index contributed by atoms with van der Waals surface area (Å²) in [7, 11) is 0. The average molecular weight is 187 g/mol. The monoisotopic (exact) mass is 187 g/mol. The smallest absolute Gasteiger partial charge is 0.0673 e. The lowest BCUT2D eigenvalue weighted by Crippen LogP contribution is -2.36. The van der Waals surface area contributed by atoms with E-state index in [0.29, 0.717) is 6.10 Å². The van der Waals surface area contributed by atoms with Gasteiger partial charge in [0.05, 0.1) is 12.2 Å². The maximum Gasteiger partial charge on any atom is 0.0673 e. The first-order chi connectivity index (χ1) is 6.22. The first-order valence-electron chi connectivity index (χ1n) is 5.24. The van der Waals surface area contributed by atoms with Crippen LogP contribution in [0.5, 0.6) is 0 Å². The van der Waals surface area contributed by atoms with Crippen LogP contribution >= 0.6 is 0 Å². The second kappa shape index (κ2) is 5.58. The van der Waals surface area contributed by atoms with Gasteiger partial charge in [-0.2, -0.15) is 0 Å². The number of hydrogen-bond donors (Lipinski definition) is 1. The topological polar surface area (TPSA) is 32.7 Å². The van der Waals surface area contributed by atoms with Gasteiger partial charge in [-0.15, -0.1) is 0 Å². The number of aliphatic hydroxyl groups excluding tert-OH is 1. The van der Waals surface area contributed by atoms with Crippen LogP contribution in [0.3, 0.4) is 0 Å². The Morgan fingerprint density at radius 2 is 2.38 bits per heavy atom. The molecule has 0 radical (unpaired) electrons. The molecule has 78 valence electrons. The molecule has 1 aliphatic rings. The van der Waals surface area contributed by atoms with Crippen molar-refractivity contribution in [2.75, 3.05) is 26.2 Å². The van der Waals surface area contributed by atoms with Gasteiger partial charge in [0.2, 0.25) is 0 Å². The normalized spacial score (nSPS) is 28.4. The predicted molar refractivity (Wildman–Crippen MR) is 52.8 cm³/mol. The van der Waals surface area contributed by atoms with Gasteiger partial charge in [0.25, 0.3) is 0 Å². The van der Waals surface area contributed by atoms with Crippen LogP contribution in [0.1, 0.15) is 26.7 Å². The summed E-state index contributed by atoms with van der Waals surface area (Å²) in [6.07, 6.45) is 2.06. The standard InChI is InChI=1S/C10H21NO2/c1-3-10(12)8-11-5-4-6-13-9(2)7-11/h9-10,12H,3-8H2,1-2H3/t9?,10-/m1/s1. The van der Waals surface area contributed by atoms with E-state index in [0.717, 1.165) is 39.1 Å². The van der Waals surface area contributed by atoms with Crippen LogP contribution in [0.2, 0.25) is 0 Å². The fourth-order valence-electron chi connectivity index (χ4n) is 1.67. The zero-order chi connectivity index (χ0) is 9.68. The Bertz CT molecular complexity index is 141. The van der Waals surface area contributed by atoms with E-state index in [1.54, 1.807) is 0 Å². The van der Waals surface area contributed by atoms with Crippen LogP contribution in [0, 0.1) is 0 Å². The molecule has 1 heterocycles. The average Bonchev–Trinajstić information content (AvgIpc) is 2.30. The second-order valence-electron chi connectivity index (χ2n) is 3.86. The lowest BCUT2D eigenvalue weighted by molar-refractivity contribution is 0.0558. The van der Waals surface area contributed by atoms with Crippen molar-refractivity contribution < 1.29 is 9.84 Å². The Hall–Kier alpha value is -0.120. The summed E-state index contributed by atoms with van der Waals surface area (Å²) in [5.74, 6) is 0. The van der Waals surface area contributed by atoms with Crippen LogP contribution in [-0.4, -0.2) is 48.5 Å². The SMILES string of the molecule is CC[C@@H](O)CN1CCCOC(C)C1. The van der Waals surface area contributed by atoms with E-state index in [1.807, 2.05) is 6.92 Å². The largest absolute Gasteiger partial charge is 0.392 e. The highest BCUT2D eigenvalue weighted by atomic mass is 16.5. The van der Waals surface area contributed by atoms with E-state index in [1.165, 1.54) is 0 Å². The molecule has 0 amide bonds. The second-order valence-corrected chi connectivity index (χ2v) is 3.86. The van der Waals surface area contributed by atoms with E-state index in [-0.39, 0.29) is 6.10 Å². The third-order valence-corrected chi connectivity index (χ3v) is 2.48. The van der Waals surface area contributed by atoms with Crippen molar-refractivity contribution in [1.29, 1.82) is 0 Å². The number of rotatable bonds is 3. The molecule has 1 unspecified atom stereocenters. The third kappa shape index (κ3) is 4.07. The molecule has 0 aromatic carbocycles. The van der Waals surface area contributed by atoms with Gasteiger partial charge in [0.1, 0.15) is 0 Å². The number of hydrogen-bond acceptors (Lipinski definition) is 3. The van der Waals surface area contributed by atoms with Gasteiger partial charge in [0, 0.05) is 26.2 Å². The highest BCUT2D eigenvalue weighted by Crippen LogP contribution is 2.06. The van der Waals surface area contributed by atoms with Crippen molar-refractivity contribution in [3.8, 4) is 0 Å². The Balaban J connectivity index is 2.30. The molecule has 3 heteroatoms. The Kier molecular flexibility index (Phi) is 4.70. The molecule has 1 aliphatic heterocycles. The predicted octanol–water partition coefficient (Wildman–Crippen LogP) is 0.868. The summed E-state index contributed by atoms with van der Waals surface area (Å²) in [4.78, 5) is 2.30. The molecule has 1 N–H and O–H groups in total. The maximum absolute atomic E-state index is 9.51. The van der Waals surface area contributed by atoms with Gasteiger partial charge in [-0.25, -0.2) is 0 Å². The number of ether oxygens (including phenoxy) is 1. The van der Waals surface area contributed by atoms with Crippen LogP contribution in [0.4, 0.5) is 0 Å². The molecular weight excluding hydrogens is 166 g/mol.